The summed E-state index contributed by atoms with van der Waals surface area (Å²) in [5.74, 6) is 0.215. The lowest BCUT2D eigenvalue weighted by molar-refractivity contribution is -0.394. The smallest absolute Gasteiger partial charge is 0.338 e. The molecule has 49 heavy (non-hydrogen) atoms. The van der Waals surface area contributed by atoms with E-state index in [1.54, 1.807) is 50.3 Å². The van der Waals surface area contributed by atoms with Gasteiger partial charge in [0.25, 0.3) is 11.2 Å². The van der Waals surface area contributed by atoms with Crippen LogP contribution in [0.25, 0.3) is 6.08 Å². The molecule has 17 heteroatoms. The number of thiazole rings is 1. The van der Waals surface area contributed by atoms with E-state index in [0.717, 1.165) is 29.5 Å². The highest BCUT2D eigenvalue weighted by atomic mass is 79.9. The number of non-ortho nitro benzene ring substituents is 1. The van der Waals surface area contributed by atoms with Gasteiger partial charge in [-0.15, -0.1) is 0 Å². The van der Waals surface area contributed by atoms with Crippen molar-refractivity contribution in [3.05, 3.63) is 115 Å². The molecule has 5 rings (SSSR count). The average molecular weight is 756 g/mol. The molecule has 0 saturated heterocycles. The molecule has 0 saturated carbocycles. The van der Waals surface area contributed by atoms with Gasteiger partial charge in [-0.25, -0.2) is 9.79 Å². The third kappa shape index (κ3) is 6.75. The van der Waals surface area contributed by atoms with Crippen molar-refractivity contribution in [2.24, 2.45) is 4.99 Å². The SMILES string of the molecule is CCOC(=O)C1=C(C)N=c2s/c(=C\c3cc(Br)c(Oc4ccc([N+](=O)[O-])cc4[N+](=O)[O-])c(OC)c3)c(=O)n2[C@@H]1c1ccc(OC)cc1OC. The van der Waals surface area contributed by atoms with Crippen LogP contribution in [-0.4, -0.2) is 48.3 Å². The van der Waals surface area contributed by atoms with E-state index in [2.05, 4.69) is 20.9 Å². The molecule has 2 heterocycles. The molecular weight excluding hydrogens is 728 g/mol. The number of hydrogen-bond acceptors (Lipinski definition) is 13. The van der Waals surface area contributed by atoms with Gasteiger partial charge < -0.3 is 23.7 Å². The summed E-state index contributed by atoms with van der Waals surface area (Å²) in [6.45, 7) is 3.46. The molecule has 0 fully saturated rings. The van der Waals surface area contributed by atoms with Gasteiger partial charge in [-0.2, -0.15) is 0 Å². The number of halogens is 1. The lowest BCUT2D eigenvalue weighted by Crippen LogP contribution is -2.40. The van der Waals surface area contributed by atoms with E-state index in [1.807, 2.05) is 0 Å². The number of nitro benzene ring substituents is 2. The Bertz CT molecular complexity index is 2230. The number of methoxy groups -OCH3 is 3. The van der Waals surface area contributed by atoms with E-state index in [9.17, 15) is 29.8 Å². The van der Waals surface area contributed by atoms with E-state index < -0.39 is 38.8 Å². The molecule has 0 bridgehead atoms. The largest absolute Gasteiger partial charge is 0.497 e. The lowest BCUT2D eigenvalue weighted by atomic mass is 9.95. The van der Waals surface area contributed by atoms with Crippen molar-refractivity contribution in [2.45, 2.75) is 19.9 Å². The molecular formula is C32H27BrN4O11S. The maximum Gasteiger partial charge on any atom is 0.338 e. The second kappa shape index (κ2) is 14.3. The predicted molar refractivity (Wildman–Crippen MR) is 180 cm³/mol. The van der Waals surface area contributed by atoms with Gasteiger partial charge >= 0.3 is 11.7 Å². The van der Waals surface area contributed by atoms with Crippen LogP contribution in [0.3, 0.4) is 0 Å². The highest BCUT2D eigenvalue weighted by Crippen LogP contribution is 2.43. The van der Waals surface area contributed by atoms with Gasteiger partial charge in [0.15, 0.2) is 16.3 Å². The van der Waals surface area contributed by atoms with Gasteiger partial charge in [0.1, 0.15) is 17.5 Å². The zero-order chi connectivity index (χ0) is 35.6. The van der Waals surface area contributed by atoms with E-state index in [4.69, 9.17) is 23.7 Å². The minimum atomic E-state index is -0.937. The first kappa shape index (κ1) is 34.8. The van der Waals surface area contributed by atoms with E-state index >= 15 is 0 Å². The molecule has 1 aromatic heterocycles. The number of benzene rings is 3. The maximum atomic E-state index is 14.1. The number of hydrogen-bond donors (Lipinski definition) is 0. The van der Waals surface area contributed by atoms with Crippen molar-refractivity contribution >= 4 is 50.7 Å². The third-order valence-electron chi connectivity index (χ3n) is 7.36. The van der Waals surface area contributed by atoms with Gasteiger partial charge in [0.2, 0.25) is 5.75 Å². The van der Waals surface area contributed by atoms with Gasteiger partial charge in [0, 0.05) is 17.7 Å². The average Bonchev–Trinajstić information content (AvgIpc) is 3.38. The van der Waals surface area contributed by atoms with Crippen molar-refractivity contribution in [3.63, 3.8) is 0 Å². The first-order valence-electron chi connectivity index (χ1n) is 14.3. The van der Waals surface area contributed by atoms with Gasteiger partial charge in [0.05, 0.1) is 64.1 Å². The fourth-order valence-corrected chi connectivity index (χ4v) is 6.75. The normalized spacial score (nSPS) is 14.1. The fourth-order valence-electron chi connectivity index (χ4n) is 5.16. The Balaban J connectivity index is 1.64. The minimum absolute atomic E-state index is 0.0550. The summed E-state index contributed by atoms with van der Waals surface area (Å²) in [4.78, 5) is 53.6. The summed E-state index contributed by atoms with van der Waals surface area (Å²) in [7, 11) is 4.34. The maximum absolute atomic E-state index is 14.1. The topological polar surface area (TPSA) is 184 Å². The summed E-state index contributed by atoms with van der Waals surface area (Å²) >= 11 is 4.52. The van der Waals surface area contributed by atoms with Crippen LogP contribution < -0.4 is 33.8 Å². The Hall–Kier alpha value is -5.55. The van der Waals surface area contributed by atoms with Gasteiger partial charge in [-0.3, -0.25) is 29.6 Å². The van der Waals surface area contributed by atoms with Crippen molar-refractivity contribution in [3.8, 4) is 28.7 Å². The Kier molecular flexibility index (Phi) is 10.1. The first-order valence-corrected chi connectivity index (χ1v) is 15.9. The molecule has 0 radical (unpaired) electrons. The van der Waals surface area contributed by atoms with E-state index in [-0.39, 0.29) is 34.0 Å². The second-order valence-electron chi connectivity index (χ2n) is 10.2. The van der Waals surface area contributed by atoms with E-state index in [0.29, 0.717) is 37.6 Å². The zero-order valence-corrected chi connectivity index (χ0v) is 28.9. The number of nitro groups is 2. The highest BCUT2D eigenvalue weighted by molar-refractivity contribution is 9.10. The van der Waals surface area contributed by atoms with Crippen molar-refractivity contribution < 1.29 is 38.3 Å². The number of allylic oxidation sites excluding steroid dienone is 1. The highest BCUT2D eigenvalue weighted by Gasteiger charge is 2.35. The molecule has 15 nitrogen and oxygen atoms in total. The van der Waals surface area contributed by atoms with Crippen LogP contribution in [0.15, 0.2) is 74.1 Å². The number of carbonyl (C=O) groups excluding carboxylic acids is 1. The van der Waals surface area contributed by atoms with Crippen molar-refractivity contribution in [2.75, 3.05) is 27.9 Å². The fraction of sp³-hybridized carbons (Fsp3) is 0.219. The van der Waals surface area contributed by atoms with Crippen LogP contribution in [0, 0.1) is 20.2 Å². The molecule has 1 aliphatic rings. The number of rotatable bonds is 11. The van der Waals surface area contributed by atoms with Crippen LogP contribution in [0.5, 0.6) is 28.7 Å². The van der Waals surface area contributed by atoms with E-state index in [1.165, 1.54) is 25.9 Å². The van der Waals surface area contributed by atoms with Crippen LogP contribution in [-0.2, 0) is 9.53 Å². The van der Waals surface area contributed by atoms with Crippen molar-refractivity contribution in [1.29, 1.82) is 0 Å². The predicted octanol–water partition coefficient (Wildman–Crippen LogP) is 5.20. The first-order chi connectivity index (χ1) is 23.4. The Morgan fingerprint density at radius 3 is 2.37 bits per heavy atom. The number of esters is 1. The molecule has 1 aliphatic heterocycles. The lowest BCUT2D eigenvalue weighted by Gasteiger charge is -2.26. The number of ether oxygens (including phenoxy) is 5. The molecule has 1 atom stereocenters. The quantitative estimate of drug-likeness (QED) is 0.111. The Morgan fingerprint density at radius 1 is 1.00 bits per heavy atom. The van der Waals surface area contributed by atoms with Crippen LogP contribution >= 0.6 is 27.3 Å². The molecule has 3 aromatic carbocycles. The summed E-state index contributed by atoms with van der Waals surface area (Å²) in [5.41, 5.74) is 0.0146. The number of nitrogens with zero attached hydrogens (tertiary/aromatic N) is 4. The minimum Gasteiger partial charge on any atom is -0.497 e. The molecule has 0 amide bonds. The number of aromatic nitrogens is 1. The monoisotopic (exact) mass is 754 g/mol. The van der Waals surface area contributed by atoms with Crippen LogP contribution in [0.4, 0.5) is 11.4 Å². The molecule has 0 N–H and O–H groups in total. The summed E-state index contributed by atoms with van der Waals surface area (Å²) in [5, 5.41) is 22.8. The number of carbonyl (C=O) groups is 1. The Labute approximate surface area is 289 Å². The molecule has 0 unspecified atom stereocenters. The zero-order valence-electron chi connectivity index (χ0n) is 26.5. The second-order valence-corrected chi connectivity index (χ2v) is 12.1. The molecule has 4 aromatic rings. The molecule has 0 spiro atoms. The third-order valence-corrected chi connectivity index (χ3v) is 8.94. The standard InChI is InChI=1S/C32H27BrN4O11S/c1-6-47-31(39)27-16(2)34-32-35(28(27)20-9-8-19(44-3)15-24(20)45-4)30(38)26(49-32)13-17-11-21(33)29(25(12-17)46-5)48-23-10-7-18(36(40)41)14-22(23)37(42)43/h7-15,28H,6H2,1-5H3/b26-13-/t28-/m1/s1. The number of fused-ring (bicyclic) bond motifs is 1. The van der Waals surface area contributed by atoms with Crippen LogP contribution in [0.1, 0.15) is 31.0 Å². The van der Waals surface area contributed by atoms with Crippen LogP contribution in [0.2, 0.25) is 0 Å². The van der Waals surface area contributed by atoms with Gasteiger partial charge in [-0.1, -0.05) is 11.3 Å². The Morgan fingerprint density at radius 2 is 1.73 bits per heavy atom. The van der Waals surface area contributed by atoms with Gasteiger partial charge in [-0.05, 0) is 71.7 Å². The summed E-state index contributed by atoms with van der Waals surface area (Å²) in [6, 6.07) is 10.3. The van der Waals surface area contributed by atoms with Crippen molar-refractivity contribution in [1.82, 2.24) is 4.57 Å². The summed E-state index contributed by atoms with van der Waals surface area (Å²) < 4.78 is 29.7. The molecule has 254 valence electrons. The molecule has 0 aliphatic carbocycles. The summed E-state index contributed by atoms with van der Waals surface area (Å²) in [6.07, 6.45) is 1.60.